The number of nitrogens with one attached hydrogen (secondary N) is 1. The predicted octanol–water partition coefficient (Wildman–Crippen LogP) is 2.18. The number of nitrogens with zero attached hydrogens (tertiary/aromatic N) is 5. The minimum Gasteiger partial charge on any atom is -0.458 e. The van der Waals surface area contributed by atoms with E-state index in [2.05, 4.69) is 15.6 Å². The minimum absolute atomic E-state index is 0.00157. The molecule has 0 spiro atoms. The Labute approximate surface area is 248 Å². The van der Waals surface area contributed by atoms with Gasteiger partial charge in [0.1, 0.15) is 12.4 Å². The summed E-state index contributed by atoms with van der Waals surface area (Å²) in [5.74, 6) is -1.82. The molecule has 1 aromatic carbocycles. The third kappa shape index (κ3) is 3.81. The van der Waals surface area contributed by atoms with Crippen LogP contribution in [0.4, 0.5) is 4.39 Å². The molecule has 3 aromatic heterocycles. The molecule has 14 heteroatoms. The van der Waals surface area contributed by atoms with Crippen molar-refractivity contribution in [3.05, 3.63) is 72.5 Å². The van der Waals surface area contributed by atoms with Gasteiger partial charge in [-0.15, -0.1) is 5.10 Å². The molecule has 12 nitrogen and oxygen atoms in total. The molecule has 5 heterocycles. The molecule has 0 unspecified atom stereocenters. The first-order chi connectivity index (χ1) is 20.6. The third-order valence-electron chi connectivity index (χ3n) is 8.88. The summed E-state index contributed by atoms with van der Waals surface area (Å²) in [6.45, 7) is 3.01. The molecule has 43 heavy (non-hydrogen) atoms. The van der Waals surface area contributed by atoms with Gasteiger partial charge in [-0.2, -0.15) is 0 Å². The van der Waals surface area contributed by atoms with E-state index in [1.165, 1.54) is 15.3 Å². The lowest BCUT2D eigenvalue weighted by Crippen LogP contribution is -2.44. The zero-order valence-electron chi connectivity index (χ0n) is 23.2. The maximum absolute atomic E-state index is 15.1. The Morgan fingerprint density at radius 1 is 1.28 bits per heavy atom. The summed E-state index contributed by atoms with van der Waals surface area (Å²) in [4.78, 5) is 44.5. The Morgan fingerprint density at radius 3 is 2.81 bits per heavy atom. The van der Waals surface area contributed by atoms with Gasteiger partial charge in [0.05, 0.1) is 48.2 Å². The lowest BCUT2D eigenvalue weighted by Gasteiger charge is -2.31. The van der Waals surface area contributed by atoms with E-state index in [9.17, 15) is 24.6 Å². The van der Waals surface area contributed by atoms with Crippen LogP contribution in [0.1, 0.15) is 69.7 Å². The van der Waals surface area contributed by atoms with E-state index in [-0.39, 0.29) is 54.7 Å². The number of aromatic nitrogens is 5. The summed E-state index contributed by atoms with van der Waals surface area (Å²) in [5, 5.41) is 31.9. The number of hydrogen-bond donors (Lipinski definition) is 3. The summed E-state index contributed by atoms with van der Waals surface area (Å²) in [6, 6.07) is 2.37. The van der Waals surface area contributed by atoms with Gasteiger partial charge in [-0.1, -0.05) is 23.7 Å². The van der Waals surface area contributed by atoms with Crippen molar-refractivity contribution in [3.8, 4) is 11.4 Å². The van der Waals surface area contributed by atoms with E-state index in [0.29, 0.717) is 51.8 Å². The Hall–Kier alpha value is -4.20. The van der Waals surface area contributed by atoms with Gasteiger partial charge in [0.2, 0.25) is 0 Å². The molecule has 2 atom stereocenters. The van der Waals surface area contributed by atoms with Crippen LogP contribution in [0.2, 0.25) is 5.15 Å². The fraction of sp³-hybridized carbons (Fsp3) is 0.379. The number of ether oxygens (including phenoxy) is 1. The third-order valence-corrected chi connectivity index (χ3v) is 9.26. The second-order valence-corrected chi connectivity index (χ2v) is 11.4. The largest absolute Gasteiger partial charge is 0.458 e. The molecule has 0 saturated carbocycles. The minimum atomic E-state index is -1.99. The molecule has 4 aromatic rings. The predicted molar refractivity (Wildman–Crippen MR) is 150 cm³/mol. The molecule has 0 bridgehead atoms. The summed E-state index contributed by atoms with van der Waals surface area (Å²) in [7, 11) is 0. The zero-order valence-corrected chi connectivity index (χ0v) is 24.0. The summed E-state index contributed by atoms with van der Waals surface area (Å²) < 4.78 is 23.0. The van der Waals surface area contributed by atoms with Crippen molar-refractivity contribution in [3.63, 3.8) is 0 Å². The SMILES string of the molecule is CC[C@@]1(O)C(=O)OCc2c1cc1n(c2=O)Cc2c-1nc1cc(F)c(C)c3c1c2[C@@H](NC(=O)c1nnn(CCO)c1Cl)CC3. The number of aliphatic hydroxyl groups excluding tert-OH is 1. The van der Waals surface area contributed by atoms with E-state index < -0.39 is 34.9 Å². The number of aliphatic hydroxyl groups is 2. The average Bonchev–Trinajstić information content (AvgIpc) is 3.55. The number of carbonyl (C=O) groups excluding carboxylic acids is 2. The molecular formula is C29H26ClFN6O6. The Bertz CT molecular complexity index is 1970. The number of halogens is 2. The van der Waals surface area contributed by atoms with Crippen LogP contribution in [-0.4, -0.2) is 53.2 Å². The number of hydrogen-bond acceptors (Lipinski definition) is 9. The number of cyclic esters (lactones) is 1. The monoisotopic (exact) mass is 608 g/mol. The van der Waals surface area contributed by atoms with E-state index in [0.717, 1.165) is 5.56 Å². The maximum Gasteiger partial charge on any atom is 0.343 e. The van der Waals surface area contributed by atoms with Gasteiger partial charge in [-0.25, -0.2) is 18.9 Å². The zero-order chi connectivity index (χ0) is 30.4. The molecule has 0 saturated heterocycles. The lowest BCUT2D eigenvalue weighted by atomic mass is 9.81. The number of pyridine rings is 2. The van der Waals surface area contributed by atoms with Crippen LogP contribution in [0.25, 0.3) is 22.3 Å². The van der Waals surface area contributed by atoms with E-state index >= 15 is 4.39 Å². The molecule has 7 rings (SSSR count). The van der Waals surface area contributed by atoms with Crippen molar-refractivity contribution < 1.29 is 28.9 Å². The number of rotatable bonds is 5. The highest BCUT2D eigenvalue weighted by Gasteiger charge is 2.46. The van der Waals surface area contributed by atoms with Gasteiger partial charge in [0, 0.05) is 22.6 Å². The van der Waals surface area contributed by atoms with Gasteiger partial charge in [-0.3, -0.25) is 9.59 Å². The van der Waals surface area contributed by atoms with E-state index in [1.54, 1.807) is 19.9 Å². The number of amides is 1. The topological polar surface area (TPSA) is 161 Å². The van der Waals surface area contributed by atoms with Gasteiger partial charge < -0.3 is 24.8 Å². The molecule has 3 aliphatic rings. The van der Waals surface area contributed by atoms with Crippen LogP contribution in [-0.2, 0) is 41.2 Å². The smallest absolute Gasteiger partial charge is 0.343 e. The van der Waals surface area contributed by atoms with Crippen LogP contribution in [0, 0.1) is 12.7 Å². The second-order valence-electron chi connectivity index (χ2n) is 11.1. The summed E-state index contributed by atoms with van der Waals surface area (Å²) in [5.41, 5.74) is 1.63. The standard InChI is InChI=1S/C29H26ClFN6O6/c1-3-29(42)16-8-20-23-14(10-36(20)27(40)15(16)11-43-28(29)41)22-18(33-26(39)24-25(30)37(6-7-38)35-34-24)5-4-13-12(2)17(31)9-19(32-23)21(13)22/h8-9,18,38,42H,3-7,10-11H2,1-2H3,(H,33,39)/t18-,29-/m0/s1. The molecular weight excluding hydrogens is 583 g/mol. The first-order valence-electron chi connectivity index (χ1n) is 13.9. The quantitative estimate of drug-likeness (QED) is 0.254. The fourth-order valence-corrected chi connectivity index (χ4v) is 6.85. The van der Waals surface area contributed by atoms with Crippen molar-refractivity contribution in [2.75, 3.05) is 6.61 Å². The second kappa shape index (κ2) is 9.66. The average molecular weight is 609 g/mol. The van der Waals surface area contributed by atoms with Gasteiger partial charge in [-0.05, 0) is 48.9 Å². The first kappa shape index (κ1) is 27.6. The normalized spacial score (nSPS) is 20.0. The molecule has 2 aliphatic heterocycles. The first-order valence-corrected chi connectivity index (χ1v) is 14.3. The van der Waals surface area contributed by atoms with Crippen LogP contribution in [0.5, 0.6) is 0 Å². The number of carbonyl (C=O) groups is 2. The highest BCUT2D eigenvalue weighted by atomic mass is 35.5. The Morgan fingerprint density at radius 2 is 2.07 bits per heavy atom. The molecule has 1 amide bonds. The van der Waals surface area contributed by atoms with Crippen LogP contribution < -0.4 is 10.9 Å². The van der Waals surface area contributed by atoms with Crippen LogP contribution in [0.3, 0.4) is 0 Å². The molecule has 0 fully saturated rings. The summed E-state index contributed by atoms with van der Waals surface area (Å²) in [6.07, 6.45) is 0.892. The van der Waals surface area contributed by atoms with Gasteiger partial charge in [0.25, 0.3) is 11.5 Å². The fourth-order valence-electron chi connectivity index (χ4n) is 6.60. The van der Waals surface area contributed by atoms with Crippen LogP contribution in [0.15, 0.2) is 16.9 Å². The van der Waals surface area contributed by atoms with Crippen molar-refractivity contribution in [1.82, 2.24) is 29.9 Å². The molecule has 0 radical (unpaired) electrons. The van der Waals surface area contributed by atoms with Crippen molar-refractivity contribution >= 4 is 34.4 Å². The van der Waals surface area contributed by atoms with Crippen molar-refractivity contribution in [2.24, 2.45) is 0 Å². The van der Waals surface area contributed by atoms with Gasteiger partial charge >= 0.3 is 5.97 Å². The van der Waals surface area contributed by atoms with Gasteiger partial charge in [0.15, 0.2) is 16.4 Å². The number of benzene rings is 1. The van der Waals surface area contributed by atoms with E-state index in [1.807, 2.05) is 0 Å². The van der Waals surface area contributed by atoms with Crippen LogP contribution >= 0.6 is 11.6 Å². The lowest BCUT2D eigenvalue weighted by molar-refractivity contribution is -0.172. The highest BCUT2D eigenvalue weighted by Crippen LogP contribution is 2.46. The Balaban J connectivity index is 1.42. The molecule has 3 N–H and O–H groups in total. The highest BCUT2D eigenvalue weighted by molar-refractivity contribution is 6.32. The number of esters is 1. The number of fused-ring (bicyclic) bond motifs is 5. The summed E-state index contributed by atoms with van der Waals surface area (Å²) >= 11 is 6.32. The molecule has 1 aliphatic carbocycles. The maximum atomic E-state index is 15.1. The molecule has 222 valence electrons. The van der Waals surface area contributed by atoms with Crippen molar-refractivity contribution in [1.29, 1.82) is 0 Å². The van der Waals surface area contributed by atoms with E-state index in [4.69, 9.17) is 21.3 Å². The Kier molecular flexibility index (Phi) is 6.20. The van der Waals surface area contributed by atoms with Crippen molar-refractivity contribution in [2.45, 2.75) is 64.4 Å². The number of aryl methyl sites for hydroxylation is 1.